The fourth-order valence-electron chi connectivity index (χ4n) is 1.32. The lowest BCUT2D eigenvalue weighted by molar-refractivity contribution is 0.114. The Morgan fingerprint density at radius 2 is 2.36 bits per heavy atom. The molecule has 2 N–H and O–H groups in total. The van der Waals surface area contributed by atoms with E-state index < -0.39 is 0 Å². The zero-order chi connectivity index (χ0) is 9.97. The van der Waals surface area contributed by atoms with Crippen LogP contribution >= 0.6 is 12.2 Å². The van der Waals surface area contributed by atoms with Gasteiger partial charge in [0.05, 0.1) is 5.56 Å². The quantitative estimate of drug-likeness (QED) is 0.767. The molecule has 1 aliphatic rings. The van der Waals surface area contributed by atoms with Crippen molar-refractivity contribution in [3.8, 4) is 5.88 Å². The second kappa shape index (κ2) is 3.92. The molecule has 1 aromatic heterocycles. The Balaban J connectivity index is 2.17. The Kier molecular flexibility index (Phi) is 2.63. The molecule has 0 amide bonds. The fraction of sp³-hybridized carbons (Fsp3) is 0.400. The van der Waals surface area contributed by atoms with Crippen LogP contribution in [0.15, 0.2) is 18.3 Å². The number of ether oxygens (including phenoxy) is 1. The van der Waals surface area contributed by atoms with E-state index in [0.717, 1.165) is 18.4 Å². The van der Waals surface area contributed by atoms with Gasteiger partial charge in [-0.15, -0.1) is 0 Å². The Hall–Kier alpha value is -1.16. The van der Waals surface area contributed by atoms with Crippen LogP contribution in [0.2, 0.25) is 0 Å². The Bertz CT molecular complexity index is 350. The molecule has 0 saturated heterocycles. The van der Waals surface area contributed by atoms with Gasteiger partial charge in [-0.3, -0.25) is 0 Å². The van der Waals surface area contributed by atoms with Crippen LogP contribution < -0.4 is 10.5 Å². The van der Waals surface area contributed by atoms with E-state index in [4.69, 9.17) is 22.7 Å². The highest BCUT2D eigenvalue weighted by Crippen LogP contribution is 2.25. The van der Waals surface area contributed by atoms with Crippen molar-refractivity contribution >= 4 is 17.2 Å². The standard InChI is InChI=1S/C10H12N2OS/c11-9(14)8-5-2-6-12-10(8)13-7-3-1-4-7/h2,5-7H,1,3-4H2,(H2,11,14). The first-order valence-corrected chi connectivity index (χ1v) is 5.09. The van der Waals surface area contributed by atoms with Gasteiger partial charge in [-0.2, -0.15) is 0 Å². The van der Waals surface area contributed by atoms with Crippen molar-refractivity contribution < 1.29 is 4.74 Å². The summed E-state index contributed by atoms with van der Waals surface area (Å²) < 4.78 is 5.66. The second-order valence-corrected chi connectivity index (χ2v) is 3.83. The lowest BCUT2D eigenvalue weighted by atomic mass is 9.96. The number of rotatable bonds is 3. The van der Waals surface area contributed by atoms with Gasteiger partial charge in [0.15, 0.2) is 0 Å². The van der Waals surface area contributed by atoms with E-state index >= 15 is 0 Å². The molecule has 3 nitrogen and oxygen atoms in total. The Morgan fingerprint density at radius 1 is 1.57 bits per heavy atom. The molecule has 0 atom stereocenters. The number of thiocarbonyl (C=S) groups is 1. The minimum Gasteiger partial charge on any atom is -0.474 e. The number of hydrogen-bond donors (Lipinski definition) is 1. The monoisotopic (exact) mass is 208 g/mol. The van der Waals surface area contributed by atoms with Gasteiger partial charge >= 0.3 is 0 Å². The van der Waals surface area contributed by atoms with Gasteiger partial charge in [0.25, 0.3) is 0 Å². The van der Waals surface area contributed by atoms with Crippen molar-refractivity contribution in [2.24, 2.45) is 5.73 Å². The van der Waals surface area contributed by atoms with E-state index in [1.165, 1.54) is 6.42 Å². The first-order chi connectivity index (χ1) is 6.77. The predicted octanol–water partition coefficient (Wildman–Crippen LogP) is 1.65. The van der Waals surface area contributed by atoms with Gasteiger partial charge in [0.2, 0.25) is 5.88 Å². The average molecular weight is 208 g/mol. The van der Waals surface area contributed by atoms with E-state index in [-0.39, 0.29) is 0 Å². The van der Waals surface area contributed by atoms with E-state index in [1.54, 1.807) is 6.20 Å². The molecular formula is C10H12N2OS. The molecule has 1 aliphatic carbocycles. The van der Waals surface area contributed by atoms with Crippen molar-refractivity contribution in [1.82, 2.24) is 4.98 Å². The summed E-state index contributed by atoms with van der Waals surface area (Å²) in [7, 11) is 0. The number of aromatic nitrogens is 1. The van der Waals surface area contributed by atoms with E-state index in [0.29, 0.717) is 17.0 Å². The molecule has 0 aromatic carbocycles. The smallest absolute Gasteiger partial charge is 0.223 e. The molecule has 4 heteroatoms. The van der Waals surface area contributed by atoms with E-state index in [9.17, 15) is 0 Å². The zero-order valence-electron chi connectivity index (χ0n) is 7.77. The molecule has 2 rings (SSSR count). The van der Waals surface area contributed by atoms with Crippen LogP contribution in [0.3, 0.4) is 0 Å². The molecular weight excluding hydrogens is 196 g/mol. The van der Waals surface area contributed by atoms with Gasteiger partial charge in [0, 0.05) is 6.20 Å². The highest BCUT2D eigenvalue weighted by Gasteiger charge is 2.21. The Morgan fingerprint density at radius 3 is 2.93 bits per heavy atom. The molecule has 14 heavy (non-hydrogen) atoms. The van der Waals surface area contributed by atoms with Gasteiger partial charge in [0.1, 0.15) is 11.1 Å². The lowest BCUT2D eigenvalue weighted by Crippen LogP contribution is -2.26. The third-order valence-corrected chi connectivity index (χ3v) is 2.59. The van der Waals surface area contributed by atoms with Gasteiger partial charge in [-0.05, 0) is 31.4 Å². The van der Waals surface area contributed by atoms with Crippen molar-refractivity contribution in [3.63, 3.8) is 0 Å². The molecule has 1 heterocycles. The van der Waals surface area contributed by atoms with Crippen molar-refractivity contribution in [1.29, 1.82) is 0 Å². The van der Waals surface area contributed by atoms with Crippen molar-refractivity contribution in [3.05, 3.63) is 23.9 Å². The molecule has 1 saturated carbocycles. The number of nitrogens with two attached hydrogens (primary N) is 1. The number of nitrogens with zero attached hydrogens (tertiary/aromatic N) is 1. The SMILES string of the molecule is NC(=S)c1cccnc1OC1CCC1. The first-order valence-electron chi connectivity index (χ1n) is 4.69. The maximum atomic E-state index is 5.66. The molecule has 0 unspecified atom stereocenters. The van der Waals surface area contributed by atoms with E-state index in [2.05, 4.69) is 4.98 Å². The summed E-state index contributed by atoms with van der Waals surface area (Å²) in [4.78, 5) is 4.47. The Labute approximate surface area is 88.3 Å². The van der Waals surface area contributed by atoms with Crippen molar-refractivity contribution in [2.45, 2.75) is 25.4 Å². The van der Waals surface area contributed by atoms with Gasteiger partial charge in [-0.25, -0.2) is 4.98 Å². The maximum absolute atomic E-state index is 5.66. The van der Waals surface area contributed by atoms with Gasteiger partial charge in [-0.1, -0.05) is 12.2 Å². The number of pyridine rings is 1. The highest BCUT2D eigenvalue weighted by molar-refractivity contribution is 7.80. The minimum atomic E-state index is 0.304. The third kappa shape index (κ3) is 1.85. The molecule has 0 bridgehead atoms. The maximum Gasteiger partial charge on any atom is 0.223 e. The minimum absolute atomic E-state index is 0.304. The summed E-state index contributed by atoms with van der Waals surface area (Å²) in [5, 5.41) is 0. The molecule has 0 spiro atoms. The van der Waals surface area contributed by atoms with Crippen LogP contribution in [-0.2, 0) is 0 Å². The van der Waals surface area contributed by atoms with Crippen LogP contribution in [-0.4, -0.2) is 16.1 Å². The average Bonchev–Trinajstić information content (AvgIpc) is 2.12. The van der Waals surface area contributed by atoms with Crippen LogP contribution in [0.5, 0.6) is 5.88 Å². The molecule has 1 fully saturated rings. The predicted molar refractivity (Wildman–Crippen MR) is 58.4 cm³/mol. The molecule has 0 aliphatic heterocycles. The summed E-state index contributed by atoms with van der Waals surface area (Å²) in [6, 6.07) is 3.64. The third-order valence-electron chi connectivity index (χ3n) is 2.37. The summed E-state index contributed by atoms with van der Waals surface area (Å²) >= 11 is 4.91. The van der Waals surface area contributed by atoms with Crippen LogP contribution in [0.1, 0.15) is 24.8 Å². The fourth-order valence-corrected chi connectivity index (χ4v) is 1.47. The highest BCUT2D eigenvalue weighted by atomic mass is 32.1. The number of hydrogen-bond acceptors (Lipinski definition) is 3. The normalized spacial score (nSPS) is 16.0. The van der Waals surface area contributed by atoms with Crippen LogP contribution in [0.4, 0.5) is 0 Å². The summed E-state index contributed by atoms with van der Waals surface area (Å²) in [5.41, 5.74) is 6.29. The van der Waals surface area contributed by atoms with Crippen molar-refractivity contribution in [2.75, 3.05) is 0 Å². The molecule has 0 radical (unpaired) electrons. The molecule has 74 valence electrons. The first kappa shape index (κ1) is 9.40. The van der Waals surface area contributed by atoms with Crippen LogP contribution in [0.25, 0.3) is 0 Å². The lowest BCUT2D eigenvalue weighted by Gasteiger charge is -2.26. The second-order valence-electron chi connectivity index (χ2n) is 3.39. The zero-order valence-corrected chi connectivity index (χ0v) is 8.59. The van der Waals surface area contributed by atoms with Crippen LogP contribution in [0, 0.1) is 0 Å². The summed E-state index contributed by atoms with van der Waals surface area (Å²) in [6.07, 6.45) is 5.44. The van der Waals surface area contributed by atoms with Gasteiger partial charge < -0.3 is 10.5 Å². The van der Waals surface area contributed by atoms with E-state index in [1.807, 2.05) is 12.1 Å². The summed E-state index contributed by atoms with van der Waals surface area (Å²) in [5.74, 6) is 0.574. The summed E-state index contributed by atoms with van der Waals surface area (Å²) in [6.45, 7) is 0. The topological polar surface area (TPSA) is 48.1 Å². The molecule has 1 aromatic rings. The largest absolute Gasteiger partial charge is 0.474 e.